The molecule has 0 fully saturated rings. The molecule has 2 rings (SSSR count). The van der Waals surface area contributed by atoms with Crippen LogP contribution in [0.2, 0.25) is 0 Å². The van der Waals surface area contributed by atoms with E-state index in [1.807, 2.05) is 55.5 Å². The van der Waals surface area contributed by atoms with E-state index < -0.39 is 0 Å². The molecule has 3 nitrogen and oxygen atoms in total. The summed E-state index contributed by atoms with van der Waals surface area (Å²) < 4.78 is 1.03. The minimum atomic E-state index is -0.0170. The third-order valence-corrected chi connectivity index (χ3v) is 3.59. The SMILES string of the molecule is C[C@@H](NC(=O)Cc1cccc(N)c1)c1ccc(Br)cc1. The van der Waals surface area contributed by atoms with E-state index in [9.17, 15) is 4.79 Å². The van der Waals surface area contributed by atoms with Crippen molar-refractivity contribution in [1.82, 2.24) is 5.32 Å². The molecule has 0 saturated carbocycles. The molecule has 1 atom stereocenters. The van der Waals surface area contributed by atoms with Gasteiger partial charge < -0.3 is 11.1 Å². The molecule has 0 heterocycles. The lowest BCUT2D eigenvalue weighted by atomic mass is 10.1. The van der Waals surface area contributed by atoms with E-state index in [0.29, 0.717) is 12.1 Å². The number of rotatable bonds is 4. The second kappa shape index (κ2) is 6.57. The minimum Gasteiger partial charge on any atom is -0.399 e. The molecule has 4 heteroatoms. The molecule has 2 aromatic carbocycles. The number of amides is 1. The van der Waals surface area contributed by atoms with E-state index >= 15 is 0 Å². The molecule has 0 aliphatic rings. The van der Waals surface area contributed by atoms with Gasteiger partial charge in [-0.1, -0.05) is 40.2 Å². The molecule has 3 N–H and O–H groups in total. The van der Waals surface area contributed by atoms with Crippen molar-refractivity contribution < 1.29 is 4.79 Å². The molecule has 0 radical (unpaired) electrons. The highest BCUT2D eigenvalue weighted by atomic mass is 79.9. The Hall–Kier alpha value is -1.81. The minimum absolute atomic E-state index is 0.00832. The third kappa shape index (κ3) is 4.10. The van der Waals surface area contributed by atoms with Crippen LogP contribution in [0, 0.1) is 0 Å². The number of benzene rings is 2. The summed E-state index contributed by atoms with van der Waals surface area (Å²) in [6.45, 7) is 1.97. The van der Waals surface area contributed by atoms with Gasteiger partial charge in [0, 0.05) is 10.2 Å². The van der Waals surface area contributed by atoms with Gasteiger partial charge in [0.2, 0.25) is 5.91 Å². The Balaban J connectivity index is 1.95. The van der Waals surface area contributed by atoms with Gasteiger partial charge in [-0.2, -0.15) is 0 Å². The second-order valence-electron chi connectivity index (χ2n) is 4.76. The predicted molar refractivity (Wildman–Crippen MR) is 85.3 cm³/mol. The quantitative estimate of drug-likeness (QED) is 0.842. The average Bonchev–Trinajstić information content (AvgIpc) is 2.39. The molecule has 104 valence electrons. The summed E-state index contributed by atoms with van der Waals surface area (Å²) in [5, 5.41) is 2.99. The molecule has 1 amide bonds. The summed E-state index contributed by atoms with van der Waals surface area (Å²) in [7, 11) is 0. The average molecular weight is 333 g/mol. The first-order valence-electron chi connectivity index (χ1n) is 6.44. The number of carbonyl (C=O) groups is 1. The predicted octanol–water partition coefficient (Wildman–Crippen LogP) is 3.45. The van der Waals surface area contributed by atoms with Crippen molar-refractivity contribution in [2.75, 3.05) is 5.73 Å². The summed E-state index contributed by atoms with van der Waals surface area (Å²) in [5.74, 6) is -0.00832. The third-order valence-electron chi connectivity index (χ3n) is 3.06. The van der Waals surface area contributed by atoms with E-state index in [0.717, 1.165) is 15.6 Å². The lowest BCUT2D eigenvalue weighted by molar-refractivity contribution is -0.121. The smallest absolute Gasteiger partial charge is 0.224 e. The van der Waals surface area contributed by atoms with Gasteiger partial charge in [0.25, 0.3) is 0 Å². The zero-order chi connectivity index (χ0) is 14.5. The monoisotopic (exact) mass is 332 g/mol. The number of anilines is 1. The van der Waals surface area contributed by atoms with E-state index in [-0.39, 0.29) is 11.9 Å². The molecule has 0 unspecified atom stereocenters. The Labute approximate surface area is 127 Å². The number of halogens is 1. The Morgan fingerprint density at radius 3 is 2.60 bits per heavy atom. The summed E-state index contributed by atoms with van der Waals surface area (Å²) in [5.41, 5.74) is 8.38. The fourth-order valence-electron chi connectivity index (χ4n) is 2.02. The Morgan fingerprint density at radius 1 is 1.25 bits per heavy atom. The Bertz CT molecular complexity index is 596. The van der Waals surface area contributed by atoms with Gasteiger partial charge in [-0.15, -0.1) is 0 Å². The topological polar surface area (TPSA) is 55.1 Å². The van der Waals surface area contributed by atoms with Crippen molar-refractivity contribution in [3.05, 3.63) is 64.1 Å². The zero-order valence-electron chi connectivity index (χ0n) is 11.3. The lowest BCUT2D eigenvalue weighted by Gasteiger charge is -2.14. The summed E-state index contributed by atoms with van der Waals surface area (Å²) in [6.07, 6.45) is 0.339. The summed E-state index contributed by atoms with van der Waals surface area (Å²) in [4.78, 5) is 12.0. The molecule has 0 aromatic heterocycles. The number of carbonyl (C=O) groups excluding carboxylic acids is 1. The highest BCUT2D eigenvalue weighted by molar-refractivity contribution is 9.10. The molecule has 0 aliphatic carbocycles. The maximum Gasteiger partial charge on any atom is 0.224 e. The lowest BCUT2D eigenvalue weighted by Crippen LogP contribution is -2.28. The van der Waals surface area contributed by atoms with Crippen LogP contribution in [0.4, 0.5) is 5.69 Å². The fourth-order valence-corrected chi connectivity index (χ4v) is 2.28. The largest absolute Gasteiger partial charge is 0.399 e. The van der Waals surface area contributed by atoms with Crippen molar-refractivity contribution in [2.24, 2.45) is 0 Å². The number of hydrogen-bond acceptors (Lipinski definition) is 2. The van der Waals surface area contributed by atoms with Crippen LogP contribution in [-0.2, 0) is 11.2 Å². The van der Waals surface area contributed by atoms with E-state index in [4.69, 9.17) is 5.73 Å². The first-order chi connectivity index (χ1) is 9.54. The standard InChI is InChI=1S/C16H17BrN2O/c1-11(13-5-7-14(17)8-6-13)19-16(20)10-12-3-2-4-15(18)9-12/h2-9,11H,10,18H2,1H3,(H,19,20)/t11-/m1/s1. The number of nitrogens with one attached hydrogen (secondary N) is 1. The van der Waals surface area contributed by atoms with Crippen molar-refractivity contribution in [1.29, 1.82) is 0 Å². The molecule has 0 saturated heterocycles. The normalized spacial score (nSPS) is 11.9. The first-order valence-corrected chi connectivity index (χ1v) is 7.23. The van der Waals surface area contributed by atoms with Gasteiger partial charge >= 0.3 is 0 Å². The van der Waals surface area contributed by atoms with Crippen LogP contribution in [0.15, 0.2) is 53.0 Å². The molecule has 2 aromatic rings. The highest BCUT2D eigenvalue weighted by Gasteiger charge is 2.10. The van der Waals surface area contributed by atoms with Gasteiger partial charge in [0.1, 0.15) is 0 Å². The maximum atomic E-state index is 12.0. The van der Waals surface area contributed by atoms with E-state index in [1.165, 1.54) is 0 Å². The molecule has 0 spiro atoms. The highest BCUT2D eigenvalue weighted by Crippen LogP contribution is 2.16. The van der Waals surface area contributed by atoms with Crippen LogP contribution >= 0.6 is 15.9 Å². The van der Waals surface area contributed by atoms with Crippen LogP contribution in [-0.4, -0.2) is 5.91 Å². The fraction of sp³-hybridized carbons (Fsp3) is 0.188. The summed E-state index contributed by atoms with van der Waals surface area (Å²) in [6, 6.07) is 15.3. The molecular formula is C16H17BrN2O. The Kier molecular flexibility index (Phi) is 4.79. The van der Waals surface area contributed by atoms with Crippen molar-refractivity contribution in [3.8, 4) is 0 Å². The van der Waals surface area contributed by atoms with Crippen LogP contribution in [0.3, 0.4) is 0 Å². The van der Waals surface area contributed by atoms with Crippen LogP contribution < -0.4 is 11.1 Å². The molecule has 0 bridgehead atoms. The van der Waals surface area contributed by atoms with Crippen LogP contribution in [0.25, 0.3) is 0 Å². The zero-order valence-corrected chi connectivity index (χ0v) is 12.9. The molecular weight excluding hydrogens is 316 g/mol. The van der Waals surface area contributed by atoms with Gasteiger partial charge in [0.15, 0.2) is 0 Å². The molecule has 0 aliphatic heterocycles. The van der Waals surface area contributed by atoms with Gasteiger partial charge in [-0.05, 0) is 42.3 Å². The van der Waals surface area contributed by atoms with Crippen molar-refractivity contribution in [2.45, 2.75) is 19.4 Å². The van der Waals surface area contributed by atoms with Gasteiger partial charge in [0.05, 0.1) is 12.5 Å². The maximum absolute atomic E-state index is 12.0. The molecule has 20 heavy (non-hydrogen) atoms. The van der Waals surface area contributed by atoms with Gasteiger partial charge in [-0.3, -0.25) is 4.79 Å². The van der Waals surface area contributed by atoms with Crippen molar-refractivity contribution >= 4 is 27.5 Å². The number of nitrogen functional groups attached to an aromatic ring is 1. The number of nitrogens with two attached hydrogens (primary N) is 1. The Morgan fingerprint density at radius 2 is 1.95 bits per heavy atom. The second-order valence-corrected chi connectivity index (χ2v) is 5.68. The van der Waals surface area contributed by atoms with Gasteiger partial charge in [-0.25, -0.2) is 0 Å². The summed E-state index contributed by atoms with van der Waals surface area (Å²) >= 11 is 3.40. The van der Waals surface area contributed by atoms with Crippen LogP contribution in [0.5, 0.6) is 0 Å². The van der Waals surface area contributed by atoms with Crippen LogP contribution in [0.1, 0.15) is 24.1 Å². The van der Waals surface area contributed by atoms with Crippen molar-refractivity contribution in [3.63, 3.8) is 0 Å². The first kappa shape index (κ1) is 14.6. The van der Waals surface area contributed by atoms with E-state index in [1.54, 1.807) is 0 Å². The number of hydrogen-bond donors (Lipinski definition) is 2. The van der Waals surface area contributed by atoms with E-state index in [2.05, 4.69) is 21.2 Å².